The van der Waals surface area contributed by atoms with Gasteiger partial charge >= 0.3 is 0 Å². The molecule has 1 fully saturated rings. The average molecular weight is 310 g/mol. The fourth-order valence-electron chi connectivity index (χ4n) is 2.90. The number of hydrogen-bond donors (Lipinski definition) is 1. The Bertz CT molecular complexity index is 761. The first kappa shape index (κ1) is 13.7. The predicted molar refractivity (Wildman–Crippen MR) is 92.6 cm³/mol. The van der Waals surface area contributed by atoms with Gasteiger partial charge in [0.05, 0.1) is 5.39 Å². The molecule has 0 aliphatic carbocycles. The number of nitrogens with zero attached hydrogens (tertiary/aromatic N) is 3. The average Bonchev–Trinajstić information content (AvgIpc) is 2.83. The zero-order chi connectivity index (χ0) is 14.8. The van der Waals surface area contributed by atoms with E-state index in [4.69, 9.17) is 0 Å². The Balaban J connectivity index is 1.78. The summed E-state index contributed by atoms with van der Waals surface area (Å²) in [4.78, 5) is 13.8. The van der Waals surface area contributed by atoms with Gasteiger partial charge in [0, 0.05) is 24.5 Å². The highest BCUT2D eigenvalue weighted by molar-refractivity contribution is 7.21. The largest absolute Gasteiger partial charge is 0.355 e. The molecule has 22 heavy (non-hydrogen) atoms. The summed E-state index contributed by atoms with van der Waals surface area (Å²) in [7, 11) is 0. The van der Waals surface area contributed by atoms with Gasteiger partial charge in [-0.1, -0.05) is 30.3 Å². The second-order valence-corrected chi connectivity index (χ2v) is 6.51. The zero-order valence-corrected chi connectivity index (χ0v) is 13.1. The monoisotopic (exact) mass is 310 g/mol. The van der Waals surface area contributed by atoms with Gasteiger partial charge in [-0.05, 0) is 24.6 Å². The van der Waals surface area contributed by atoms with Gasteiger partial charge in [0.15, 0.2) is 0 Å². The summed E-state index contributed by atoms with van der Waals surface area (Å²) in [6.45, 7) is 4.16. The van der Waals surface area contributed by atoms with Gasteiger partial charge in [0.2, 0.25) is 0 Å². The Kier molecular flexibility index (Phi) is 3.74. The van der Waals surface area contributed by atoms with Crippen LogP contribution in [0.5, 0.6) is 0 Å². The number of aromatic nitrogens is 2. The third-order valence-corrected chi connectivity index (χ3v) is 5.10. The lowest BCUT2D eigenvalue weighted by atomic mass is 10.2. The van der Waals surface area contributed by atoms with Crippen LogP contribution in [-0.4, -0.2) is 36.1 Å². The highest BCUT2D eigenvalue weighted by atomic mass is 32.1. The zero-order valence-electron chi connectivity index (χ0n) is 12.3. The van der Waals surface area contributed by atoms with E-state index in [1.54, 1.807) is 17.7 Å². The predicted octanol–water partition coefficient (Wildman–Crippen LogP) is 3.16. The van der Waals surface area contributed by atoms with Crippen LogP contribution in [0.3, 0.4) is 0 Å². The van der Waals surface area contributed by atoms with Crippen LogP contribution in [0, 0.1) is 0 Å². The topological polar surface area (TPSA) is 41.0 Å². The van der Waals surface area contributed by atoms with Crippen molar-refractivity contribution in [3.63, 3.8) is 0 Å². The Morgan fingerprint density at radius 2 is 1.95 bits per heavy atom. The molecular weight excluding hydrogens is 292 g/mol. The van der Waals surface area contributed by atoms with Crippen LogP contribution in [0.15, 0.2) is 42.7 Å². The van der Waals surface area contributed by atoms with E-state index in [0.717, 1.165) is 43.2 Å². The van der Waals surface area contributed by atoms with Crippen molar-refractivity contribution < 1.29 is 0 Å². The van der Waals surface area contributed by atoms with E-state index in [0.29, 0.717) is 0 Å². The summed E-state index contributed by atoms with van der Waals surface area (Å²) in [6.07, 6.45) is 2.85. The minimum atomic E-state index is 1.00. The lowest BCUT2D eigenvalue weighted by Gasteiger charge is -2.21. The summed E-state index contributed by atoms with van der Waals surface area (Å²) in [5.74, 6) is 1.08. The van der Waals surface area contributed by atoms with Gasteiger partial charge in [-0.25, -0.2) is 9.97 Å². The number of benzene rings is 1. The third kappa shape index (κ3) is 2.58. The molecule has 4 rings (SSSR count). The Morgan fingerprint density at radius 1 is 1.05 bits per heavy atom. The van der Waals surface area contributed by atoms with Crippen molar-refractivity contribution >= 4 is 27.4 Å². The first-order valence-corrected chi connectivity index (χ1v) is 8.49. The molecule has 2 aromatic heterocycles. The van der Waals surface area contributed by atoms with Crippen LogP contribution in [0.1, 0.15) is 6.42 Å². The summed E-state index contributed by atoms with van der Waals surface area (Å²) in [5, 5.41) is 4.62. The fourth-order valence-corrected chi connectivity index (χ4v) is 3.90. The van der Waals surface area contributed by atoms with Crippen LogP contribution in [0.4, 0.5) is 5.82 Å². The molecule has 0 atom stereocenters. The molecule has 1 aromatic carbocycles. The molecule has 4 nitrogen and oxygen atoms in total. The van der Waals surface area contributed by atoms with Gasteiger partial charge in [-0.2, -0.15) is 0 Å². The second kappa shape index (κ2) is 6.02. The molecule has 3 aromatic rings. The molecule has 1 aliphatic rings. The van der Waals surface area contributed by atoms with Crippen molar-refractivity contribution in [1.82, 2.24) is 15.3 Å². The van der Waals surface area contributed by atoms with Crippen LogP contribution < -0.4 is 10.2 Å². The van der Waals surface area contributed by atoms with E-state index >= 15 is 0 Å². The highest BCUT2D eigenvalue weighted by Crippen LogP contribution is 2.36. The minimum Gasteiger partial charge on any atom is -0.355 e. The Morgan fingerprint density at radius 3 is 2.86 bits per heavy atom. The Hall–Kier alpha value is -1.98. The second-order valence-electron chi connectivity index (χ2n) is 5.48. The van der Waals surface area contributed by atoms with Crippen molar-refractivity contribution in [2.75, 3.05) is 31.1 Å². The number of thiophene rings is 1. The molecule has 3 heterocycles. The summed E-state index contributed by atoms with van der Waals surface area (Å²) in [5.41, 5.74) is 1.24. The van der Waals surface area contributed by atoms with E-state index in [9.17, 15) is 0 Å². The summed E-state index contributed by atoms with van der Waals surface area (Å²) in [6, 6.07) is 12.7. The van der Waals surface area contributed by atoms with E-state index in [1.165, 1.54) is 15.8 Å². The highest BCUT2D eigenvalue weighted by Gasteiger charge is 2.16. The molecule has 5 heteroatoms. The molecule has 0 spiro atoms. The quantitative estimate of drug-likeness (QED) is 0.789. The van der Waals surface area contributed by atoms with E-state index in [1.807, 2.05) is 6.07 Å². The number of hydrogen-bond acceptors (Lipinski definition) is 5. The maximum atomic E-state index is 4.57. The van der Waals surface area contributed by atoms with Crippen LogP contribution >= 0.6 is 11.3 Å². The van der Waals surface area contributed by atoms with Gasteiger partial charge < -0.3 is 10.2 Å². The van der Waals surface area contributed by atoms with Crippen molar-refractivity contribution in [2.24, 2.45) is 0 Å². The van der Waals surface area contributed by atoms with Gasteiger partial charge in [0.25, 0.3) is 0 Å². The van der Waals surface area contributed by atoms with Crippen molar-refractivity contribution in [3.05, 3.63) is 42.7 Å². The molecule has 0 radical (unpaired) electrons. The normalized spacial score (nSPS) is 15.9. The summed E-state index contributed by atoms with van der Waals surface area (Å²) >= 11 is 1.74. The summed E-state index contributed by atoms with van der Waals surface area (Å²) < 4.78 is 0. The van der Waals surface area contributed by atoms with Gasteiger partial charge in [-0.3, -0.25) is 0 Å². The van der Waals surface area contributed by atoms with Crippen molar-refractivity contribution in [1.29, 1.82) is 0 Å². The molecule has 0 bridgehead atoms. The molecule has 0 amide bonds. The maximum absolute atomic E-state index is 4.57. The SMILES string of the molecule is c1ccc(-c2cc3c(N4CCCNCC4)ncnc3s2)cc1. The van der Waals surface area contributed by atoms with E-state index < -0.39 is 0 Å². The minimum absolute atomic E-state index is 1.00. The molecule has 0 saturated carbocycles. The Labute approximate surface area is 133 Å². The molecule has 1 aliphatic heterocycles. The lowest BCUT2D eigenvalue weighted by Crippen LogP contribution is -2.28. The number of nitrogens with one attached hydrogen (secondary N) is 1. The first-order chi connectivity index (χ1) is 10.9. The molecule has 1 N–H and O–H groups in total. The van der Waals surface area contributed by atoms with Gasteiger partial charge in [0.1, 0.15) is 17.0 Å². The molecule has 112 valence electrons. The van der Waals surface area contributed by atoms with E-state index in [2.05, 4.69) is 50.5 Å². The number of rotatable bonds is 2. The van der Waals surface area contributed by atoms with Crippen LogP contribution in [0.25, 0.3) is 20.7 Å². The molecule has 0 unspecified atom stereocenters. The van der Waals surface area contributed by atoms with Gasteiger partial charge in [-0.15, -0.1) is 11.3 Å². The van der Waals surface area contributed by atoms with Crippen LogP contribution in [-0.2, 0) is 0 Å². The molecular formula is C17H18N4S. The lowest BCUT2D eigenvalue weighted by molar-refractivity contribution is 0.724. The van der Waals surface area contributed by atoms with Crippen molar-refractivity contribution in [3.8, 4) is 10.4 Å². The standard InChI is InChI=1S/C17H18N4S/c1-2-5-13(6-3-1)15-11-14-16(19-12-20-17(14)22-15)21-9-4-7-18-8-10-21/h1-3,5-6,11-12,18H,4,7-10H2. The fraction of sp³-hybridized carbons (Fsp3) is 0.294. The first-order valence-electron chi connectivity index (χ1n) is 7.67. The van der Waals surface area contributed by atoms with Crippen molar-refractivity contribution in [2.45, 2.75) is 6.42 Å². The maximum Gasteiger partial charge on any atom is 0.140 e. The van der Waals surface area contributed by atoms with Crippen LogP contribution in [0.2, 0.25) is 0 Å². The van der Waals surface area contributed by atoms with E-state index in [-0.39, 0.29) is 0 Å². The number of anilines is 1. The molecule has 1 saturated heterocycles. The smallest absolute Gasteiger partial charge is 0.140 e. The third-order valence-electron chi connectivity index (χ3n) is 4.01. The number of fused-ring (bicyclic) bond motifs is 1.